The molecular weight excluding hydrogens is 195 g/mol. The average Bonchev–Trinajstić information content (AvgIpc) is 2.28. The van der Waals surface area contributed by atoms with Gasteiger partial charge in [-0.3, -0.25) is 0 Å². The molecule has 0 aliphatic rings. The fourth-order valence-corrected chi connectivity index (χ4v) is 1.37. The van der Waals surface area contributed by atoms with Crippen molar-refractivity contribution in [1.29, 1.82) is 0 Å². The second kappa shape index (κ2) is 5.49. The van der Waals surface area contributed by atoms with Gasteiger partial charge >= 0.3 is 5.97 Å². The molecule has 82 valence electrons. The minimum Gasteiger partial charge on any atom is -0.465 e. The van der Waals surface area contributed by atoms with Crippen LogP contribution in [-0.4, -0.2) is 13.1 Å². The lowest BCUT2D eigenvalue weighted by molar-refractivity contribution is 0.0600. The van der Waals surface area contributed by atoms with Crippen molar-refractivity contribution in [2.45, 2.75) is 25.9 Å². The van der Waals surface area contributed by atoms with Crippen LogP contribution in [-0.2, 0) is 4.74 Å². The zero-order valence-electron chi connectivity index (χ0n) is 9.00. The molecular formula is C12H15FO2. The Morgan fingerprint density at radius 1 is 1.40 bits per heavy atom. The molecule has 1 unspecified atom stereocenters. The Kier molecular flexibility index (Phi) is 4.28. The highest BCUT2D eigenvalue weighted by molar-refractivity contribution is 5.89. The quantitative estimate of drug-likeness (QED) is 0.713. The number of halogens is 1. The van der Waals surface area contributed by atoms with E-state index in [9.17, 15) is 9.18 Å². The van der Waals surface area contributed by atoms with E-state index >= 15 is 0 Å². The molecule has 0 aromatic heterocycles. The number of rotatable bonds is 4. The number of benzene rings is 1. The standard InChI is InChI=1S/C12H15FO2/c1-3-4-11(13)9-5-7-10(8-6-9)12(14)15-2/h5-8,11H,3-4H2,1-2H3. The van der Waals surface area contributed by atoms with Gasteiger partial charge in [-0.15, -0.1) is 0 Å². The maximum Gasteiger partial charge on any atom is 0.337 e. The smallest absolute Gasteiger partial charge is 0.337 e. The molecule has 0 aliphatic heterocycles. The number of hydrogen-bond acceptors (Lipinski definition) is 2. The Labute approximate surface area is 89.1 Å². The van der Waals surface area contributed by atoms with Gasteiger partial charge in [0.15, 0.2) is 0 Å². The van der Waals surface area contributed by atoms with E-state index in [1.54, 1.807) is 24.3 Å². The van der Waals surface area contributed by atoms with E-state index < -0.39 is 12.1 Å². The molecule has 0 spiro atoms. The van der Waals surface area contributed by atoms with Crippen LogP contribution >= 0.6 is 0 Å². The summed E-state index contributed by atoms with van der Waals surface area (Å²) in [6.45, 7) is 1.94. The van der Waals surface area contributed by atoms with Crippen molar-refractivity contribution >= 4 is 5.97 Å². The van der Waals surface area contributed by atoms with E-state index in [1.165, 1.54) is 7.11 Å². The van der Waals surface area contributed by atoms with Gasteiger partial charge in [-0.1, -0.05) is 25.5 Å². The Morgan fingerprint density at radius 2 is 2.00 bits per heavy atom. The van der Waals surface area contributed by atoms with Crippen LogP contribution in [0.5, 0.6) is 0 Å². The van der Waals surface area contributed by atoms with Gasteiger partial charge in [-0.05, 0) is 24.1 Å². The third-order valence-corrected chi connectivity index (χ3v) is 2.24. The highest BCUT2D eigenvalue weighted by Crippen LogP contribution is 2.22. The summed E-state index contributed by atoms with van der Waals surface area (Å²) < 4.78 is 18.0. The molecule has 1 atom stereocenters. The summed E-state index contributed by atoms with van der Waals surface area (Å²) in [6, 6.07) is 6.44. The molecule has 1 aromatic rings. The fourth-order valence-electron chi connectivity index (χ4n) is 1.37. The predicted octanol–water partition coefficient (Wildman–Crippen LogP) is 3.28. The number of esters is 1. The Balaban J connectivity index is 2.76. The summed E-state index contributed by atoms with van der Waals surface area (Å²) in [7, 11) is 1.32. The zero-order valence-corrected chi connectivity index (χ0v) is 9.00. The first-order valence-electron chi connectivity index (χ1n) is 5.01. The summed E-state index contributed by atoms with van der Waals surface area (Å²) in [4.78, 5) is 11.1. The lowest BCUT2D eigenvalue weighted by atomic mass is 10.0. The van der Waals surface area contributed by atoms with Gasteiger partial charge in [0.2, 0.25) is 0 Å². The molecule has 1 rings (SSSR count). The summed E-state index contributed by atoms with van der Waals surface area (Å²) in [5.41, 5.74) is 1.06. The number of alkyl halides is 1. The molecule has 0 heterocycles. The van der Waals surface area contributed by atoms with E-state index in [-0.39, 0.29) is 0 Å². The summed E-state index contributed by atoms with van der Waals surface area (Å²) in [5, 5.41) is 0. The first-order valence-corrected chi connectivity index (χ1v) is 5.01. The molecule has 0 bridgehead atoms. The third kappa shape index (κ3) is 3.05. The van der Waals surface area contributed by atoms with Gasteiger partial charge in [0.25, 0.3) is 0 Å². The van der Waals surface area contributed by atoms with Gasteiger partial charge in [-0.25, -0.2) is 9.18 Å². The maximum absolute atomic E-state index is 13.4. The normalized spacial score (nSPS) is 12.2. The second-order valence-corrected chi connectivity index (χ2v) is 3.37. The van der Waals surface area contributed by atoms with Crippen molar-refractivity contribution in [2.24, 2.45) is 0 Å². The zero-order chi connectivity index (χ0) is 11.3. The Morgan fingerprint density at radius 3 is 2.47 bits per heavy atom. The van der Waals surface area contributed by atoms with Crippen LogP contribution < -0.4 is 0 Å². The number of carbonyl (C=O) groups excluding carboxylic acids is 1. The molecule has 0 saturated heterocycles. The summed E-state index contributed by atoms with van der Waals surface area (Å²) in [6.07, 6.45) is 0.374. The van der Waals surface area contributed by atoms with E-state index in [0.717, 1.165) is 6.42 Å². The van der Waals surface area contributed by atoms with Gasteiger partial charge in [0, 0.05) is 0 Å². The van der Waals surface area contributed by atoms with Crippen LogP contribution in [0.3, 0.4) is 0 Å². The minimum atomic E-state index is -0.943. The summed E-state index contributed by atoms with van der Waals surface area (Å²) in [5.74, 6) is -0.396. The van der Waals surface area contributed by atoms with Crippen LogP contribution in [0.15, 0.2) is 24.3 Å². The van der Waals surface area contributed by atoms with Crippen molar-refractivity contribution in [1.82, 2.24) is 0 Å². The van der Waals surface area contributed by atoms with Crippen molar-refractivity contribution in [3.05, 3.63) is 35.4 Å². The first-order chi connectivity index (χ1) is 7.19. The molecule has 2 nitrogen and oxygen atoms in total. The molecule has 0 saturated carbocycles. The SMILES string of the molecule is CCCC(F)c1ccc(C(=O)OC)cc1. The Hall–Kier alpha value is -1.38. The number of carbonyl (C=O) groups is 1. The van der Waals surface area contributed by atoms with Gasteiger partial charge in [0.1, 0.15) is 6.17 Å². The second-order valence-electron chi connectivity index (χ2n) is 3.37. The van der Waals surface area contributed by atoms with Crippen molar-refractivity contribution in [2.75, 3.05) is 7.11 Å². The highest BCUT2D eigenvalue weighted by Gasteiger charge is 2.10. The van der Waals surface area contributed by atoms with Crippen LogP contribution in [0.4, 0.5) is 4.39 Å². The van der Waals surface area contributed by atoms with Gasteiger partial charge in [-0.2, -0.15) is 0 Å². The molecule has 15 heavy (non-hydrogen) atoms. The monoisotopic (exact) mass is 210 g/mol. The van der Waals surface area contributed by atoms with Crippen LogP contribution in [0.25, 0.3) is 0 Å². The van der Waals surface area contributed by atoms with Crippen LogP contribution in [0, 0.1) is 0 Å². The average molecular weight is 210 g/mol. The van der Waals surface area contributed by atoms with E-state index in [4.69, 9.17) is 0 Å². The third-order valence-electron chi connectivity index (χ3n) is 2.24. The molecule has 0 aliphatic carbocycles. The molecule has 0 fully saturated rings. The molecule has 0 radical (unpaired) electrons. The van der Waals surface area contributed by atoms with Crippen molar-refractivity contribution in [3.8, 4) is 0 Å². The van der Waals surface area contributed by atoms with E-state index in [0.29, 0.717) is 17.5 Å². The number of methoxy groups -OCH3 is 1. The van der Waals surface area contributed by atoms with Gasteiger partial charge in [0.05, 0.1) is 12.7 Å². The molecule has 1 aromatic carbocycles. The van der Waals surface area contributed by atoms with Gasteiger partial charge < -0.3 is 4.74 Å². The largest absolute Gasteiger partial charge is 0.465 e. The molecule has 0 N–H and O–H groups in total. The molecule has 3 heteroatoms. The predicted molar refractivity (Wildman–Crippen MR) is 56.5 cm³/mol. The van der Waals surface area contributed by atoms with Crippen molar-refractivity contribution < 1.29 is 13.9 Å². The minimum absolute atomic E-state index is 0.396. The summed E-state index contributed by atoms with van der Waals surface area (Å²) >= 11 is 0. The van der Waals surface area contributed by atoms with Crippen molar-refractivity contribution in [3.63, 3.8) is 0 Å². The van der Waals surface area contributed by atoms with E-state index in [2.05, 4.69) is 4.74 Å². The lowest BCUT2D eigenvalue weighted by Gasteiger charge is -2.07. The van der Waals surface area contributed by atoms with Crippen LogP contribution in [0.1, 0.15) is 41.9 Å². The number of hydrogen-bond donors (Lipinski definition) is 0. The number of ether oxygens (including phenoxy) is 1. The topological polar surface area (TPSA) is 26.3 Å². The fraction of sp³-hybridized carbons (Fsp3) is 0.417. The Bertz CT molecular complexity index is 319. The highest BCUT2D eigenvalue weighted by atomic mass is 19.1. The van der Waals surface area contributed by atoms with Crippen LogP contribution in [0.2, 0.25) is 0 Å². The maximum atomic E-state index is 13.4. The van der Waals surface area contributed by atoms with E-state index in [1.807, 2.05) is 6.92 Å². The lowest BCUT2D eigenvalue weighted by Crippen LogP contribution is -2.01. The molecule has 0 amide bonds. The first kappa shape index (κ1) is 11.7.